The third-order valence-corrected chi connectivity index (χ3v) is 8.58. The number of nitrogens with one attached hydrogen (secondary N) is 1. The molecular weight excluding hydrogens is 508 g/mol. The Hall–Kier alpha value is -2.98. The first-order chi connectivity index (χ1) is 19.1. The molecular formula is C30H38N6O2S. The molecule has 3 aliphatic rings. The predicted molar refractivity (Wildman–Crippen MR) is 158 cm³/mol. The molecule has 39 heavy (non-hydrogen) atoms. The average Bonchev–Trinajstić information content (AvgIpc) is 3.47. The number of hydrogen-bond donors (Lipinski definition) is 1. The van der Waals surface area contributed by atoms with E-state index in [2.05, 4.69) is 80.9 Å². The minimum absolute atomic E-state index is 0.0129. The monoisotopic (exact) mass is 546 g/mol. The van der Waals surface area contributed by atoms with E-state index in [1.165, 1.54) is 28.3 Å². The Balaban J connectivity index is 1.31. The van der Waals surface area contributed by atoms with Gasteiger partial charge in [-0.25, -0.2) is 0 Å². The Morgan fingerprint density at radius 3 is 2.28 bits per heavy atom. The summed E-state index contributed by atoms with van der Waals surface area (Å²) in [7, 11) is 0. The maximum absolute atomic E-state index is 5.94. The van der Waals surface area contributed by atoms with E-state index in [1.54, 1.807) is 0 Å². The number of aryl methyl sites for hydroxylation is 1. The first-order valence-electron chi connectivity index (χ1n) is 14.0. The van der Waals surface area contributed by atoms with Gasteiger partial charge < -0.3 is 29.2 Å². The molecule has 2 atom stereocenters. The van der Waals surface area contributed by atoms with Gasteiger partial charge >= 0.3 is 0 Å². The molecule has 0 unspecified atom stereocenters. The third-order valence-electron chi connectivity index (χ3n) is 8.23. The molecule has 0 radical (unpaired) electrons. The molecule has 0 saturated carbocycles. The Labute approximate surface area is 236 Å². The predicted octanol–water partition coefficient (Wildman–Crippen LogP) is 3.63. The lowest BCUT2D eigenvalue weighted by Gasteiger charge is -2.32. The summed E-state index contributed by atoms with van der Waals surface area (Å²) in [5, 5.41) is 4.42. The van der Waals surface area contributed by atoms with Crippen molar-refractivity contribution in [3.8, 4) is 5.69 Å². The lowest BCUT2D eigenvalue weighted by Crippen LogP contribution is -2.42. The van der Waals surface area contributed by atoms with Gasteiger partial charge in [-0.2, -0.15) is 0 Å². The van der Waals surface area contributed by atoms with Gasteiger partial charge in [0.2, 0.25) is 0 Å². The summed E-state index contributed by atoms with van der Waals surface area (Å²) in [4.78, 5) is 12.0. The fourth-order valence-electron chi connectivity index (χ4n) is 6.18. The second-order valence-corrected chi connectivity index (χ2v) is 10.9. The molecule has 3 aliphatic heterocycles. The second-order valence-electron chi connectivity index (χ2n) is 10.6. The summed E-state index contributed by atoms with van der Waals surface area (Å²) in [6.07, 6.45) is 1.87. The summed E-state index contributed by atoms with van der Waals surface area (Å²) >= 11 is 5.94. The SMILES string of the molecule is Cc1cc([C@@H]2[C@H](c3ccccn3)NC(=S)N2CCN2CCOCC2)c(C)n1-c1ccc(N2CCOCC2)cc1. The van der Waals surface area contributed by atoms with Gasteiger partial charge in [0.25, 0.3) is 0 Å². The Morgan fingerprint density at radius 1 is 0.897 bits per heavy atom. The molecule has 8 nitrogen and oxygen atoms in total. The number of aromatic nitrogens is 2. The molecule has 2 aromatic heterocycles. The zero-order valence-electron chi connectivity index (χ0n) is 22.9. The number of morpholine rings is 2. The van der Waals surface area contributed by atoms with Crippen molar-refractivity contribution < 1.29 is 9.47 Å². The summed E-state index contributed by atoms with van der Waals surface area (Å²) in [5.41, 5.74) is 7.18. The van der Waals surface area contributed by atoms with E-state index in [0.717, 1.165) is 76.5 Å². The highest BCUT2D eigenvalue weighted by molar-refractivity contribution is 7.80. The largest absolute Gasteiger partial charge is 0.379 e. The molecule has 3 saturated heterocycles. The highest BCUT2D eigenvalue weighted by Crippen LogP contribution is 2.41. The molecule has 0 spiro atoms. The number of thiocarbonyl (C=S) groups is 1. The molecule has 3 fully saturated rings. The lowest BCUT2D eigenvalue weighted by atomic mass is 9.96. The number of rotatable bonds is 7. The smallest absolute Gasteiger partial charge is 0.170 e. The van der Waals surface area contributed by atoms with Gasteiger partial charge in [-0.05, 0) is 74.1 Å². The standard InChI is InChI=1S/C30H38N6O2S/c1-22-21-26(23(2)36(22)25-8-6-24(7-9-25)34-15-19-38-20-16-34)29-28(27-5-3-4-10-31-27)32-30(39)35(29)12-11-33-13-17-37-18-14-33/h3-10,21,28-29H,11-20H2,1-2H3,(H,32,39)/t28-,29+/m0/s1. The van der Waals surface area contributed by atoms with Crippen molar-refractivity contribution in [1.82, 2.24) is 24.7 Å². The maximum Gasteiger partial charge on any atom is 0.170 e. The van der Waals surface area contributed by atoms with Gasteiger partial charge in [-0.3, -0.25) is 9.88 Å². The molecule has 206 valence electrons. The number of anilines is 1. The summed E-state index contributed by atoms with van der Waals surface area (Å²) in [6.45, 7) is 13.2. The quantitative estimate of drug-likeness (QED) is 0.451. The van der Waals surface area contributed by atoms with Crippen LogP contribution in [0.4, 0.5) is 5.69 Å². The first-order valence-corrected chi connectivity index (χ1v) is 14.4. The van der Waals surface area contributed by atoms with Gasteiger partial charge in [-0.15, -0.1) is 0 Å². The van der Waals surface area contributed by atoms with E-state index in [4.69, 9.17) is 26.7 Å². The zero-order chi connectivity index (χ0) is 26.8. The van der Waals surface area contributed by atoms with E-state index in [0.29, 0.717) is 0 Å². The topological polar surface area (TPSA) is 58.0 Å². The van der Waals surface area contributed by atoms with Crippen molar-refractivity contribution in [2.45, 2.75) is 25.9 Å². The van der Waals surface area contributed by atoms with Crippen molar-refractivity contribution in [2.24, 2.45) is 0 Å². The van der Waals surface area contributed by atoms with Crippen molar-refractivity contribution in [3.05, 3.63) is 77.4 Å². The van der Waals surface area contributed by atoms with E-state index in [-0.39, 0.29) is 12.1 Å². The van der Waals surface area contributed by atoms with Gasteiger partial charge in [-0.1, -0.05) is 6.07 Å². The first kappa shape index (κ1) is 26.3. The molecule has 5 heterocycles. The van der Waals surface area contributed by atoms with Crippen LogP contribution in [0.15, 0.2) is 54.7 Å². The van der Waals surface area contributed by atoms with E-state index < -0.39 is 0 Å². The zero-order valence-corrected chi connectivity index (χ0v) is 23.7. The number of pyridine rings is 1. The molecule has 0 bridgehead atoms. The van der Waals surface area contributed by atoms with Crippen LogP contribution in [0.2, 0.25) is 0 Å². The minimum Gasteiger partial charge on any atom is -0.379 e. The molecule has 9 heteroatoms. The maximum atomic E-state index is 5.94. The molecule has 1 aromatic carbocycles. The van der Waals surface area contributed by atoms with Gasteiger partial charge in [0.05, 0.1) is 44.2 Å². The minimum atomic E-state index is -0.0129. The van der Waals surface area contributed by atoms with Crippen LogP contribution in [-0.2, 0) is 9.47 Å². The van der Waals surface area contributed by atoms with Gasteiger partial charge in [0.1, 0.15) is 0 Å². The average molecular weight is 547 g/mol. The fourth-order valence-corrected chi connectivity index (χ4v) is 6.51. The van der Waals surface area contributed by atoms with Crippen molar-refractivity contribution in [1.29, 1.82) is 0 Å². The Bertz CT molecular complexity index is 1270. The molecule has 3 aromatic rings. The van der Waals surface area contributed by atoms with Crippen LogP contribution in [0, 0.1) is 13.8 Å². The van der Waals surface area contributed by atoms with Crippen LogP contribution < -0.4 is 10.2 Å². The van der Waals surface area contributed by atoms with Crippen LogP contribution >= 0.6 is 12.2 Å². The molecule has 0 aliphatic carbocycles. The number of ether oxygens (including phenoxy) is 2. The normalized spacial score (nSPS) is 22.4. The summed E-state index contributed by atoms with van der Waals surface area (Å²) in [5.74, 6) is 0. The second kappa shape index (κ2) is 11.6. The summed E-state index contributed by atoms with van der Waals surface area (Å²) < 4.78 is 13.5. The number of hydrogen-bond acceptors (Lipinski definition) is 6. The van der Waals surface area contributed by atoms with Crippen molar-refractivity contribution >= 4 is 23.0 Å². The van der Waals surface area contributed by atoms with Gasteiger partial charge in [0.15, 0.2) is 5.11 Å². The highest BCUT2D eigenvalue weighted by Gasteiger charge is 2.41. The lowest BCUT2D eigenvalue weighted by molar-refractivity contribution is 0.0350. The van der Waals surface area contributed by atoms with Crippen LogP contribution in [0.25, 0.3) is 5.69 Å². The molecule has 6 rings (SSSR count). The van der Waals surface area contributed by atoms with E-state index in [1.807, 2.05) is 12.3 Å². The third kappa shape index (κ3) is 5.41. The Kier molecular flexibility index (Phi) is 7.83. The van der Waals surface area contributed by atoms with Crippen LogP contribution in [0.1, 0.15) is 34.7 Å². The van der Waals surface area contributed by atoms with E-state index in [9.17, 15) is 0 Å². The molecule has 1 N–H and O–H groups in total. The van der Waals surface area contributed by atoms with Gasteiger partial charge in [0, 0.05) is 68.2 Å². The Morgan fingerprint density at radius 2 is 1.59 bits per heavy atom. The highest BCUT2D eigenvalue weighted by atomic mass is 32.1. The fraction of sp³-hybridized carbons (Fsp3) is 0.467. The number of benzene rings is 1. The van der Waals surface area contributed by atoms with Crippen molar-refractivity contribution in [2.75, 3.05) is 70.6 Å². The van der Waals surface area contributed by atoms with Crippen molar-refractivity contribution in [3.63, 3.8) is 0 Å². The summed E-state index contributed by atoms with van der Waals surface area (Å²) in [6, 6.07) is 17.4. The van der Waals surface area contributed by atoms with Crippen LogP contribution in [0.3, 0.4) is 0 Å². The number of nitrogens with zero attached hydrogens (tertiary/aromatic N) is 5. The molecule has 0 amide bonds. The van der Waals surface area contributed by atoms with Crippen LogP contribution in [-0.4, -0.2) is 90.2 Å². The van der Waals surface area contributed by atoms with Crippen LogP contribution in [0.5, 0.6) is 0 Å². The van der Waals surface area contributed by atoms with E-state index >= 15 is 0 Å².